The maximum Gasteiger partial charge on any atom is 0.0408 e. The fraction of sp³-hybridized carbons (Fsp3) is 0.0588. The SMILES string of the molecule is C=C(c1ccc(N)cc1)N(C)C(=C)c1ccc(N)cc1. The molecule has 0 radical (unpaired) electrons. The monoisotopic (exact) mass is 265 g/mol. The Hall–Kier alpha value is -2.68. The Balaban J connectivity index is 2.20. The Bertz CT molecular complexity index is 567. The van der Waals surface area contributed by atoms with Crippen LogP contribution in [-0.2, 0) is 0 Å². The number of nitrogen functional groups attached to an aromatic ring is 2. The molecule has 0 aliphatic rings. The number of nitrogens with two attached hydrogens (primary N) is 2. The van der Waals surface area contributed by atoms with E-state index in [-0.39, 0.29) is 0 Å². The molecule has 0 aliphatic heterocycles. The lowest BCUT2D eigenvalue weighted by Gasteiger charge is -2.24. The lowest BCUT2D eigenvalue weighted by molar-refractivity contribution is 0.688. The number of rotatable bonds is 4. The first-order chi connectivity index (χ1) is 9.49. The summed E-state index contributed by atoms with van der Waals surface area (Å²) in [6.07, 6.45) is 0. The zero-order valence-corrected chi connectivity index (χ0v) is 11.6. The first-order valence-electron chi connectivity index (χ1n) is 6.32. The zero-order chi connectivity index (χ0) is 14.7. The molecule has 0 saturated heterocycles. The van der Waals surface area contributed by atoms with Crippen LogP contribution >= 0.6 is 0 Å². The molecule has 0 amide bonds. The van der Waals surface area contributed by atoms with Crippen molar-refractivity contribution in [2.75, 3.05) is 18.5 Å². The van der Waals surface area contributed by atoms with Crippen molar-refractivity contribution in [1.82, 2.24) is 4.90 Å². The molecule has 102 valence electrons. The minimum atomic E-state index is 0.738. The highest BCUT2D eigenvalue weighted by molar-refractivity contribution is 5.75. The second-order valence-corrected chi connectivity index (χ2v) is 4.70. The molecule has 2 aromatic carbocycles. The van der Waals surface area contributed by atoms with Gasteiger partial charge in [0, 0.05) is 29.8 Å². The molecule has 0 aliphatic carbocycles. The van der Waals surface area contributed by atoms with Crippen LogP contribution in [0.3, 0.4) is 0 Å². The molecule has 0 bridgehead atoms. The highest BCUT2D eigenvalue weighted by Crippen LogP contribution is 2.26. The first-order valence-corrected chi connectivity index (χ1v) is 6.32. The molecule has 20 heavy (non-hydrogen) atoms. The van der Waals surface area contributed by atoms with Crippen LogP contribution in [-0.4, -0.2) is 11.9 Å². The molecule has 0 fully saturated rings. The molecule has 2 rings (SSSR count). The average molecular weight is 265 g/mol. The third-order valence-corrected chi connectivity index (χ3v) is 3.30. The molecule has 3 heteroatoms. The maximum absolute atomic E-state index is 5.70. The van der Waals surface area contributed by atoms with Crippen molar-refractivity contribution in [1.29, 1.82) is 0 Å². The maximum atomic E-state index is 5.70. The molecule has 0 unspecified atom stereocenters. The van der Waals surface area contributed by atoms with E-state index in [1.54, 1.807) is 0 Å². The van der Waals surface area contributed by atoms with Gasteiger partial charge in [-0.1, -0.05) is 37.4 Å². The number of anilines is 2. The fourth-order valence-electron chi connectivity index (χ4n) is 1.90. The minimum Gasteiger partial charge on any atom is -0.399 e. The van der Waals surface area contributed by atoms with Gasteiger partial charge < -0.3 is 16.4 Å². The van der Waals surface area contributed by atoms with Gasteiger partial charge in [0.2, 0.25) is 0 Å². The van der Waals surface area contributed by atoms with Crippen LogP contribution in [0, 0.1) is 0 Å². The van der Waals surface area contributed by atoms with Crippen molar-refractivity contribution in [2.24, 2.45) is 0 Å². The molecule has 4 N–H and O–H groups in total. The topological polar surface area (TPSA) is 55.3 Å². The van der Waals surface area contributed by atoms with Crippen LogP contribution in [0.1, 0.15) is 11.1 Å². The van der Waals surface area contributed by atoms with E-state index in [1.807, 2.05) is 60.5 Å². The fourth-order valence-corrected chi connectivity index (χ4v) is 1.90. The summed E-state index contributed by atoms with van der Waals surface area (Å²) in [4.78, 5) is 1.96. The van der Waals surface area contributed by atoms with Gasteiger partial charge in [-0.3, -0.25) is 0 Å². The first kappa shape index (κ1) is 13.7. The largest absolute Gasteiger partial charge is 0.399 e. The predicted octanol–water partition coefficient (Wildman–Crippen LogP) is 3.42. The van der Waals surface area contributed by atoms with E-state index in [4.69, 9.17) is 11.5 Å². The molecule has 0 spiro atoms. The summed E-state index contributed by atoms with van der Waals surface area (Å²) in [5, 5.41) is 0. The summed E-state index contributed by atoms with van der Waals surface area (Å²) in [7, 11) is 1.94. The van der Waals surface area contributed by atoms with Gasteiger partial charge in [-0.2, -0.15) is 0 Å². The Kier molecular flexibility index (Phi) is 3.80. The van der Waals surface area contributed by atoms with Crippen molar-refractivity contribution in [3.63, 3.8) is 0 Å². The third kappa shape index (κ3) is 2.83. The summed E-state index contributed by atoms with van der Waals surface area (Å²) < 4.78 is 0. The summed E-state index contributed by atoms with van der Waals surface area (Å²) in [6.45, 7) is 8.24. The lowest BCUT2D eigenvalue weighted by atomic mass is 10.1. The van der Waals surface area contributed by atoms with Crippen LogP contribution < -0.4 is 11.5 Å². The van der Waals surface area contributed by atoms with E-state index in [0.717, 1.165) is 33.9 Å². The van der Waals surface area contributed by atoms with Crippen LogP contribution in [0.4, 0.5) is 11.4 Å². The second kappa shape index (κ2) is 5.53. The Labute approximate surface area is 119 Å². The molecular formula is C17H19N3. The van der Waals surface area contributed by atoms with Gasteiger partial charge in [0.05, 0.1) is 0 Å². The zero-order valence-electron chi connectivity index (χ0n) is 11.6. The number of nitrogens with zero attached hydrogens (tertiary/aromatic N) is 1. The van der Waals surface area contributed by atoms with E-state index in [1.165, 1.54) is 0 Å². The van der Waals surface area contributed by atoms with Crippen LogP contribution in [0.5, 0.6) is 0 Å². The van der Waals surface area contributed by atoms with Gasteiger partial charge in [-0.15, -0.1) is 0 Å². The third-order valence-electron chi connectivity index (χ3n) is 3.30. The van der Waals surface area contributed by atoms with Crippen LogP contribution in [0.2, 0.25) is 0 Å². The van der Waals surface area contributed by atoms with Crippen molar-refractivity contribution >= 4 is 22.8 Å². The molecule has 0 aromatic heterocycles. The van der Waals surface area contributed by atoms with E-state index in [0.29, 0.717) is 0 Å². The predicted molar refractivity (Wildman–Crippen MR) is 87.5 cm³/mol. The average Bonchev–Trinajstić information content (AvgIpc) is 2.46. The van der Waals surface area contributed by atoms with Gasteiger partial charge in [0.25, 0.3) is 0 Å². The molecule has 0 saturated carbocycles. The Morgan fingerprint density at radius 3 is 1.35 bits per heavy atom. The molecule has 3 nitrogen and oxygen atoms in total. The molecular weight excluding hydrogens is 246 g/mol. The number of benzene rings is 2. The Morgan fingerprint density at radius 2 is 1.05 bits per heavy atom. The molecule has 2 aromatic rings. The Morgan fingerprint density at radius 1 is 0.750 bits per heavy atom. The highest BCUT2D eigenvalue weighted by Gasteiger charge is 2.10. The van der Waals surface area contributed by atoms with Gasteiger partial charge in [0.15, 0.2) is 0 Å². The van der Waals surface area contributed by atoms with Crippen LogP contribution in [0.15, 0.2) is 61.7 Å². The van der Waals surface area contributed by atoms with Crippen molar-refractivity contribution in [3.8, 4) is 0 Å². The number of hydrogen-bond acceptors (Lipinski definition) is 3. The van der Waals surface area contributed by atoms with Gasteiger partial charge in [0.1, 0.15) is 0 Å². The molecule has 0 atom stereocenters. The summed E-state index contributed by atoms with van der Waals surface area (Å²) in [5.74, 6) is 0. The van der Waals surface area contributed by atoms with E-state index in [2.05, 4.69) is 13.2 Å². The smallest absolute Gasteiger partial charge is 0.0408 e. The van der Waals surface area contributed by atoms with Crippen molar-refractivity contribution in [3.05, 3.63) is 72.8 Å². The summed E-state index contributed by atoms with van der Waals surface area (Å²) >= 11 is 0. The van der Waals surface area contributed by atoms with E-state index in [9.17, 15) is 0 Å². The van der Waals surface area contributed by atoms with Crippen LogP contribution in [0.25, 0.3) is 11.4 Å². The van der Waals surface area contributed by atoms with E-state index < -0.39 is 0 Å². The minimum absolute atomic E-state index is 0.738. The highest BCUT2D eigenvalue weighted by atomic mass is 15.1. The number of hydrogen-bond donors (Lipinski definition) is 2. The van der Waals surface area contributed by atoms with Gasteiger partial charge in [-0.25, -0.2) is 0 Å². The summed E-state index contributed by atoms with van der Waals surface area (Å²) in [5.41, 5.74) is 16.6. The van der Waals surface area contributed by atoms with Gasteiger partial charge >= 0.3 is 0 Å². The lowest BCUT2D eigenvalue weighted by Crippen LogP contribution is -2.14. The van der Waals surface area contributed by atoms with Crippen molar-refractivity contribution in [2.45, 2.75) is 0 Å². The van der Waals surface area contributed by atoms with E-state index >= 15 is 0 Å². The standard InChI is InChI=1S/C17H19N3/c1-12(14-4-8-16(18)9-5-14)20(3)13(2)15-6-10-17(19)11-7-15/h4-11H,1-2,18-19H2,3H3. The van der Waals surface area contributed by atoms with Gasteiger partial charge in [-0.05, 0) is 35.4 Å². The normalized spacial score (nSPS) is 10.1. The quantitative estimate of drug-likeness (QED) is 0.833. The molecule has 0 heterocycles. The van der Waals surface area contributed by atoms with Crippen molar-refractivity contribution < 1.29 is 0 Å². The second-order valence-electron chi connectivity index (χ2n) is 4.70. The summed E-state index contributed by atoms with van der Waals surface area (Å²) in [6, 6.07) is 15.2.